The summed E-state index contributed by atoms with van der Waals surface area (Å²) in [5, 5.41) is 3.37. The first-order valence-corrected chi connectivity index (χ1v) is 4.76. The van der Waals surface area contributed by atoms with Crippen molar-refractivity contribution in [2.45, 2.75) is 31.8 Å². The molecular weight excluding hydrogens is 182 g/mol. The molecule has 0 unspecified atom stereocenters. The van der Waals surface area contributed by atoms with E-state index in [0.29, 0.717) is 0 Å². The quantitative estimate of drug-likeness (QED) is 0.727. The molecule has 2 aliphatic rings. The van der Waals surface area contributed by atoms with Crippen molar-refractivity contribution in [2.75, 3.05) is 0 Å². The van der Waals surface area contributed by atoms with Gasteiger partial charge in [0.1, 0.15) is 0 Å². The lowest BCUT2D eigenvalue weighted by Gasteiger charge is -2.01. The fraction of sp³-hybridized carbons (Fsp3) is 0.455. The van der Waals surface area contributed by atoms with Gasteiger partial charge in [0.25, 0.3) is 0 Å². The monoisotopic (exact) mass is 195 g/mol. The molecule has 1 aromatic rings. The number of fused-ring (bicyclic) bond motifs is 1. The van der Waals surface area contributed by atoms with Gasteiger partial charge in [-0.05, 0) is 35.4 Å². The summed E-state index contributed by atoms with van der Waals surface area (Å²) in [6.07, 6.45) is 2.82. The van der Waals surface area contributed by atoms with Crippen LogP contribution in [0.15, 0.2) is 18.2 Å². The first-order chi connectivity index (χ1) is 5.93. The van der Waals surface area contributed by atoms with Crippen molar-refractivity contribution in [3.63, 3.8) is 0 Å². The van der Waals surface area contributed by atoms with Gasteiger partial charge in [0.15, 0.2) is 0 Å². The summed E-state index contributed by atoms with van der Waals surface area (Å²) < 4.78 is 0. The van der Waals surface area contributed by atoms with E-state index in [-0.39, 0.29) is 12.4 Å². The van der Waals surface area contributed by atoms with Crippen LogP contribution >= 0.6 is 12.4 Å². The molecule has 0 amide bonds. The molecule has 1 heterocycles. The number of nitrogens with one attached hydrogen (secondary N) is 1. The molecule has 1 aliphatic heterocycles. The lowest BCUT2D eigenvalue weighted by Crippen LogP contribution is -1.99. The summed E-state index contributed by atoms with van der Waals surface area (Å²) in [4.78, 5) is 0. The van der Waals surface area contributed by atoms with Gasteiger partial charge < -0.3 is 5.32 Å². The van der Waals surface area contributed by atoms with E-state index in [1.54, 1.807) is 5.56 Å². The highest BCUT2D eigenvalue weighted by atomic mass is 35.5. The molecule has 1 aliphatic carbocycles. The molecule has 70 valence electrons. The maximum absolute atomic E-state index is 3.37. The van der Waals surface area contributed by atoms with Crippen molar-refractivity contribution < 1.29 is 0 Å². The zero-order valence-electron chi connectivity index (χ0n) is 7.55. The smallest absolute Gasteiger partial charge is 0.0212 e. The minimum atomic E-state index is 0. The third kappa shape index (κ3) is 1.59. The van der Waals surface area contributed by atoms with Crippen LogP contribution in [0.4, 0.5) is 0 Å². The SMILES string of the molecule is Cl.c1cc2c(cc1C1CC1)CNC2. The summed E-state index contributed by atoms with van der Waals surface area (Å²) in [5.74, 6) is 0.899. The minimum Gasteiger partial charge on any atom is -0.309 e. The van der Waals surface area contributed by atoms with Gasteiger partial charge in [0, 0.05) is 13.1 Å². The van der Waals surface area contributed by atoms with Crippen LogP contribution in [-0.4, -0.2) is 0 Å². The van der Waals surface area contributed by atoms with Crippen LogP contribution in [0.25, 0.3) is 0 Å². The van der Waals surface area contributed by atoms with Crippen molar-refractivity contribution in [3.8, 4) is 0 Å². The van der Waals surface area contributed by atoms with Crippen LogP contribution < -0.4 is 5.32 Å². The van der Waals surface area contributed by atoms with Crippen LogP contribution in [0.2, 0.25) is 0 Å². The van der Waals surface area contributed by atoms with Crippen molar-refractivity contribution >= 4 is 12.4 Å². The first kappa shape index (κ1) is 9.04. The molecule has 2 heteroatoms. The zero-order chi connectivity index (χ0) is 7.97. The van der Waals surface area contributed by atoms with E-state index in [1.807, 2.05) is 0 Å². The summed E-state index contributed by atoms with van der Waals surface area (Å²) in [7, 11) is 0. The lowest BCUT2D eigenvalue weighted by molar-refractivity contribution is 0.764. The summed E-state index contributed by atoms with van der Waals surface area (Å²) >= 11 is 0. The molecule has 1 N–H and O–H groups in total. The van der Waals surface area contributed by atoms with E-state index in [9.17, 15) is 0 Å². The normalized spacial score (nSPS) is 19.4. The third-order valence-corrected chi connectivity index (χ3v) is 2.91. The van der Waals surface area contributed by atoms with Crippen molar-refractivity contribution in [3.05, 3.63) is 34.9 Å². The summed E-state index contributed by atoms with van der Waals surface area (Å²) in [5.41, 5.74) is 4.59. The molecule has 13 heavy (non-hydrogen) atoms. The minimum absolute atomic E-state index is 0. The molecule has 3 rings (SSSR count). The molecule has 0 atom stereocenters. The largest absolute Gasteiger partial charge is 0.309 e. The molecule has 0 radical (unpaired) electrons. The van der Waals surface area contributed by atoms with Crippen LogP contribution in [0.3, 0.4) is 0 Å². The van der Waals surface area contributed by atoms with E-state index >= 15 is 0 Å². The Bertz CT molecular complexity index is 318. The van der Waals surface area contributed by atoms with E-state index < -0.39 is 0 Å². The second-order valence-electron chi connectivity index (χ2n) is 3.91. The van der Waals surface area contributed by atoms with Crippen LogP contribution in [0.5, 0.6) is 0 Å². The Balaban J connectivity index is 0.000000653. The Labute approximate surface area is 84.9 Å². The highest BCUT2D eigenvalue weighted by Crippen LogP contribution is 2.40. The van der Waals surface area contributed by atoms with Crippen LogP contribution in [-0.2, 0) is 13.1 Å². The second-order valence-corrected chi connectivity index (χ2v) is 3.91. The molecular formula is C11H14ClN. The van der Waals surface area contributed by atoms with E-state index in [0.717, 1.165) is 19.0 Å². The number of benzene rings is 1. The number of hydrogen-bond donors (Lipinski definition) is 1. The molecule has 1 aromatic carbocycles. The van der Waals surface area contributed by atoms with Crippen molar-refractivity contribution in [1.82, 2.24) is 5.32 Å². The second kappa shape index (κ2) is 3.32. The molecule has 0 saturated heterocycles. The fourth-order valence-electron chi connectivity index (χ4n) is 1.99. The Hall–Kier alpha value is -0.530. The van der Waals surface area contributed by atoms with Crippen molar-refractivity contribution in [2.24, 2.45) is 0 Å². The van der Waals surface area contributed by atoms with Gasteiger partial charge in [0.05, 0.1) is 0 Å². The average Bonchev–Trinajstić information content (AvgIpc) is 2.84. The average molecular weight is 196 g/mol. The van der Waals surface area contributed by atoms with Crippen LogP contribution in [0, 0.1) is 0 Å². The zero-order valence-corrected chi connectivity index (χ0v) is 8.36. The van der Waals surface area contributed by atoms with Gasteiger partial charge in [-0.3, -0.25) is 0 Å². The molecule has 0 bridgehead atoms. The van der Waals surface area contributed by atoms with Gasteiger partial charge in [-0.2, -0.15) is 0 Å². The Kier molecular flexibility index (Phi) is 2.31. The first-order valence-electron chi connectivity index (χ1n) is 4.76. The summed E-state index contributed by atoms with van der Waals surface area (Å²) in [6.45, 7) is 2.15. The standard InChI is InChI=1S/C11H13N.ClH/c1-2-8(1)9-3-4-10-6-12-7-11(10)5-9;/h3-5,8,12H,1-2,6-7H2;1H. The van der Waals surface area contributed by atoms with E-state index in [4.69, 9.17) is 0 Å². The molecule has 1 saturated carbocycles. The number of hydrogen-bond acceptors (Lipinski definition) is 1. The van der Waals surface area contributed by atoms with E-state index in [2.05, 4.69) is 23.5 Å². The number of rotatable bonds is 1. The Morgan fingerprint density at radius 1 is 1.08 bits per heavy atom. The fourth-order valence-corrected chi connectivity index (χ4v) is 1.99. The predicted molar refractivity (Wildman–Crippen MR) is 56.2 cm³/mol. The van der Waals surface area contributed by atoms with E-state index in [1.165, 1.54) is 24.0 Å². The Morgan fingerprint density at radius 2 is 1.85 bits per heavy atom. The van der Waals surface area contributed by atoms with Gasteiger partial charge in [-0.15, -0.1) is 12.4 Å². The van der Waals surface area contributed by atoms with Gasteiger partial charge in [-0.1, -0.05) is 18.2 Å². The Morgan fingerprint density at radius 3 is 2.62 bits per heavy atom. The van der Waals surface area contributed by atoms with Gasteiger partial charge in [0.2, 0.25) is 0 Å². The lowest BCUT2D eigenvalue weighted by atomic mass is 10.0. The molecule has 0 spiro atoms. The molecule has 0 aromatic heterocycles. The maximum Gasteiger partial charge on any atom is 0.0212 e. The van der Waals surface area contributed by atoms with Gasteiger partial charge in [-0.25, -0.2) is 0 Å². The van der Waals surface area contributed by atoms with Gasteiger partial charge >= 0.3 is 0 Å². The maximum atomic E-state index is 3.37. The topological polar surface area (TPSA) is 12.0 Å². The molecule has 1 nitrogen and oxygen atoms in total. The predicted octanol–water partition coefficient (Wildman–Crippen LogP) is 2.59. The molecule has 1 fully saturated rings. The van der Waals surface area contributed by atoms with Crippen LogP contribution in [0.1, 0.15) is 35.4 Å². The van der Waals surface area contributed by atoms with Crippen molar-refractivity contribution in [1.29, 1.82) is 0 Å². The highest BCUT2D eigenvalue weighted by molar-refractivity contribution is 5.85. The summed E-state index contributed by atoms with van der Waals surface area (Å²) in [6, 6.07) is 7.00. The number of halogens is 1. The third-order valence-electron chi connectivity index (χ3n) is 2.91. The highest BCUT2D eigenvalue weighted by Gasteiger charge is 2.24.